The van der Waals surface area contributed by atoms with Crippen molar-refractivity contribution in [3.63, 3.8) is 0 Å². The second-order valence-corrected chi connectivity index (χ2v) is 1.74. The number of halogens is 4. The standard InChI is InChI=1S/C2Cl2F2N2/c3-8(4)2(5,6)1-7. The Morgan fingerprint density at radius 1 is 1.50 bits per heavy atom. The van der Waals surface area contributed by atoms with E-state index in [1.165, 1.54) is 0 Å². The highest BCUT2D eigenvalue weighted by molar-refractivity contribution is 6.34. The van der Waals surface area contributed by atoms with Crippen molar-refractivity contribution in [2.75, 3.05) is 0 Å². The summed E-state index contributed by atoms with van der Waals surface area (Å²) in [5.74, 6) is 0. The number of nitriles is 1. The summed E-state index contributed by atoms with van der Waals surface area (Å²) < 4.78 is 22.6. The maximum Gasteiger partial charge on any atom is 0.419 e. The molecule has 2 nitrogen and oxygen atoms in total. The van der Waals surface area contributed by atoms with Gasteiger partial charge < -0.3 is 0 Å². The van der Waals surface area contributed by atoms with E-state index in [4.69, 9.17) is 5.26 Å². The fraction of sp³-hybridized carbons (Fsp3) is 0.500. The SMILES string of the molecule is N#CC(F)(F)N(Cl)Cl. The van der Waals surface area contributed by atoms with Crippen molar-refractivity contribution in [1.82, 2.24) is 3.94 Å². The highest BCUT2D eigenvalue weighted by atomic mass is 35.5. The monoisotopic (exact) mass is 160 g/mol. The molecule has 0 heterocycles. The molecular weight excluding hydrogens is 161 g/mol. The quantitative estimate of drug-likeness (QED) is 0.432. The lowest BCUT2D eigenvalue weighted by molar-refractivity contribution is -0.00249. The first kappa shape index (κ1) is 7.89. The molecule has 0 N–H and O–H groups in total. The first-order valence-corrected chi connectivity index (χ1v) is 2.09. The van der Waals surface area contributed by atoms with Crippen molar-refractivity contribution < 1.29 is 8.78 Å². The van der Waals surface area contributed by atoms with Crippen LogP contribution >= 0.6 is 23.6 Å². The molecule has 0 spiro atoms. The predicted octanol–water partition coefficient (Wildman–Crippen LogP) is 1.71. The molecule has 0 saturated carbocycles. The molecule has 0 bridgehead atoms. The van der Waals surface area contributed by atoms with E-state index in [0.29, 0.717) is 6.07 Å². The maximum absolute atomic E-state index is 11.6. The highest BCUT2D eigenvalue weighted by Crippen LogP contribution is 2.22. The van der Waals surface area contributed by atoms with Crippen molar-refractivity contribution in [1.29, 1.82) is 5.26 Å². The fourth-order valence-electron chi connectivity index (χ4n) is 0.0378. The molecule has 0 saturated heterocycles. The van der Waals surface area contributed by atoms with Crippen LogP contribution < -0.4 is 0 Å². The van der Waals surface area contributed by atoms with Crippen molar-refractivity contribution in [2.24, 2.45) is 0 Å². The Morgan fingerprint density at radius 2 is 1.88 bits per heavy atom. The van der Waals surface area contributed by atoms with Crippen LogP contribution in [0.5, 0.6) is 0 Å². The average Bonchev–Trinajstić information content (AvgIpc) is 1.67. The van der Waals surface area contributed by atoms with Gasteiger partial charge in [0.05, 0.1) is 0 Å². The lowest BCUT2D eigenvalue weighted by Gasteiger charge is -2.07. The van der Waals surface area contributed by atoms with Crippen molar-refractivity contribution in [2.45, 2.75) is 6.05 Å². The molecule has 0 aromatic carbocycles. The number of hydrogen-bond acceptors (Lipinski definition) is 2. The van der Waals surface area contributed by atoms with Gasteiger partial charge in [-0.3, -0.25) is 0 Å². The Bertz CT molecular complexity index is 118. The molecular formula is C2Cl2F2N2. The first-order valence-electron chi connectivity index (χ1n) is 1.41. The zero-order chi connectivity index (χ0) is 6.78. The molecule has 0 aliphatic rings. The normalized spacial score (nSPS) is 11.5. The summed E-state index contributed by atoms with van der Waals surface area (Å²) in [7, 11) is 0. The second-order valence-electron chi connectivity index (χ2n) is 0.886. The Labute approximate surface area is 54.4 Å². The van der Waals surface area contributed by atoms with Crippen LogP contribution in [-0.4, -0.2) is 9.98 Å². The molecule has 0 rings (SSSR count). The summed E-state index contributed by atoms with van der Waals surface area (Å²) >= 11 is 8.99. The Balaban J connectivity index is 3.97. The van der Waals surface area contributed by atoms with Gasteiger partial charge in [0.1, 0.15) is 0 Å². The smallest absolute Gasteiger partial charge is 0.190 e. The largest absolute Gasteiger partial charge is 0.419 e. The van der Waals surface area contributed by atoms with E-state index in [1.807, 2.05) is 0 Å². The molecule has 0 aromatic heterocycles. The molecule has 8 heavy (non-hydrogen) atoms. The van der Waals surface area contributed by atoms with Gasteiger partial charge in [-0.1, -0.05) is 3.94 Å². The van der Waals surface area contributed by atoms with Crippen molar-refractivity contribution >= 4 is 23.6 Å². The summed E-state index contributed by atoms with van der Waals surface area (Å²) in [4.78, 5) is 0. The number of nitrogens with zero attached hydrogens (tertiary/aromatic N) is 2. The molecule has 0 radical (unpaired) electrons. The van der Waals surface area contributed by atoms with Gasteiger partial charge in [-0.05, 0) is 0 Å². The molecule has 0 unspecified atom stereocenters. The second kappa shape index (κ2) is 2.44. The molecule has 46 valence electrons. The minimum Gasteiger partial charge on any atom is -0.190 e. The van der Waals surface area contributed by atoms with Crippen LogP contribution in [0.15, 0.2) is 0 Å². The van der Waals surface area contributed by atoms with E-state index in [9.17, 15) is 8.78 Å². The maximum atomic E-state index is 11.6. The third-order valence-electron chi connectivity index (χ3n) is 0.347. The number of alkyl halides is 2. The topological polar surface area (TPSA) is 27.0 Å². The molecule has 6 heteroatoms. The molecule has 0 fully saturated rings. The average molecular weight is 161 g/mol. The van der Waals surface area contributed by atoms with Gasteiger partial charge in [-0.2, -0.15) is 14.0 Å². The van der Waals surface area contributed by atoms with Gasteiger partial charge in [-0.15, -0.1) is 0 Å². The van der Waals surface area contributed by atoms with Crippen LogP contribution in [0.25, 0.3) is 0 Å². The van der Waals surface area contributed by atoms with E-state index in [2.05, 4.69) is 23.6 Å². The molecule has 0 amide bonds. The summed E-state index contributed by atoms with van der Waals surface area (Å²) in [6, 6.07) is -3.22. The Kier molecular flexibility index (Phi) is 2.41. The van der Waals surface area contributed by atoms with Gasteiger partial charge >= 0.3 is 6.05 Å². The predicted molar refractivity (Wildman–Crippen MR) is 24.1 cm³/mol. The van der Waals surface area contributed by atoms with E-state index < -0.39 is 9.98 Å². The highest BCUT2D eigenvalue weighted by Gasteiger charge is 2.35. The van der Waals surface area contributed by atoms with Crippen LogP contribution in [0.2, 0.25) is 0 Å². The van der Waals surface area contributed by atoms with Gasteiger partial charge in [0.2, 0.25) is 0 Å². The van der Waals surface area contributed by atoms with Crippen molar-refractivity contribution in [3.8, 4) is 6.07 Å². The van der Waals surface area contributed by atoms with Gasteiger partial charge in [0.25, 0.3) is 0 Å². The van der Waals surface area contributed by atoms with E-state index in [0.717, 1.165) is 0 Å². The van der Waals surface area contributed by atoms with Crippen LogP contribution in [-0.2, 0) is 0 Å². The lowest BCUT2D eigenvalue weighted by Crippen LogP contribution is -2.24. The van der Waals surface area contributed by atoms with Crippen LogP contribution in [0.4, 0.5) is 8.78 Å². The van der Waals surface area contributed by atoms with Crippen LogP contribution in [0.1, 0.15) is 0 Å². The van der Waals surface area contributed by atoms with Crippen LogP contribution in [0, 0.1) is 11.3 Å². The molecule has 0 aromatic rings. The van der Waals surface area contributed by atoms with Crippen LogP contribution in [0.3, 0.4) is 0 Å². The lowest BCUT2D eigenvalue weighted by atomic mass is 10.7. The fourth-order valence-corrected chi connectivity index (χ4v) is 0.113. The van der Waals surface area contributed by atoms with Gasteiger partial charge in [0.15, 0.2) is 6.07 Å². The third-order valence-corrected chi connectivity index (χ3v) is 0.771. The Morgan fingerprint density at radius 3 is 1.88 bits per heavy atom. The van der Waals surface area contributed by atoms with Crippen molar-refractivity contribution in [3.05, 3.63) is 0 Å². The van der Waals surface area contributed by atoms with Gasteiger partial charge in [0, 0.05) is 23.6 Å². The van der Waals surface area contributed by atoms with Gasteiger partial charge in [-0.25, -0.2) is 0 Å². The zero-order valence-corrected chi connectivity index (χ0v) is 4.92. The van der Waals surface area contributed by atoms with E-state index >= 15 is 0 Å². The van der Waals surface area contributed by atoms with E-state index in [1.54, 1.807) is 0 Å². The molecule has 0 aliphatic carbocycles. The zero-order valence-electron chi connectivity index (χ0n) is 3.41. The summed E-state index contributed by atoms with van der Waals surface area (Å²) in [6.07, 6.45) is 0. The summed E-state index contributed by atoms with van der Waals surface area (Å²) in [5.41, 5.74) is 0. The summed E-state index contributed by atoms with van der Waals surface area (Å²) in [5, 5.41) is 7.55. The van der Waals surface area contributed by atoms with E-state index in [-0.39, 0.29) is 0 Å². The molecule has 0 atom stereocenters. The Hall–Kier alpha value is -0.110. The minimum absolute atomic E-state index is 0.507. The minimum atomic E-state index is -3.79. The third kappa shape index (κ3) is 1.78. The summed E-state index contributed by atoms with van der Waals surface area (Å²) in [6.45, 7) is 0. The number of hydrogen-bond donors (Lipinski definition) is 0. The first-order chi connectivity index (χ1) is 3.50. The molecule has 0 aliphatic heterocycles. The number of rotatable bonds is 1.